The summed E-state index contributed by atoms with van der Waals surface area (Å²) in [4.78, 5) is 0. The lowest BCUT2D eigenvalue weighted by Gasteiger charge is -2.42. The second kappa shape index (κ2) is 7.85. The van der Waals surface area contributed by atoms with E-state index in [1.54, 1.807) is 0 Å². The van der Waals surface area contributed by atoms with Crippen molar-refractivity contribution in [1.29, 1.82) is 0 Å². The molecule has 0 saturated carbocycles. The Kier molecular flexibility index (Phi) is 5.88. The fourth-order valence-corrected chi connectivity index (χ4v) is 3.36. The van der Waals surface area contributed by atoms with Crippen LogP contribution >= 0.6 is 0 Å². The Morgan fingerprint density at radius 3 is 2.33 bits per heavy atom. The maximum absolute atomic E-state index is 11.4. The van der Waals surface area contributed by atoms with Crippen molar-refractivity contribution in [1.82, 2.24) is 0 Å². The Bertz CT molecular complexity index is 880. The molecule has 2 aromatic carbocycles. The summed E-state index contributed by atoms with van der Waals surface area (Å²) in [7, 11) is -3.56. The molecule has 2 aromatic rings. The molecule has 1 aliphatic heterocycles. The Morgan fingerprint density at radius 2 is 1.67 bits per heavy atom. The molecule has 0 amide bonds. The van der Waals surface area contributed by atoms with Gasteiger partial charge in [-0.2, -0.15) is 8.42 Å². The first-order valence-electron chi connectivity index (χ1n) is 8.84. The quantitative estimate of drug-likeness (QED) is 0.672. The molecule has 0 N–H and O–H groups in total. The van der Waals surface area contributed by atoms with E-state index >= 15 is 0 Å². The SMILES string of the molecule is CC1(C)OCC(COCc2ccc3ccccc3c2)(COS(C)(=O)=O)CO1. The Balaban J connectivity index is 1.64. The lowest BCUT2D eigenvalue weighted by atomic mass is 9.91. The van der Waals surface area contributed by atoms with Gasteiger partial charge in [-0.3, -0.25) is 4.18 Å². The maximum Gasteiger partial charge on any atom is 0.264 e. The summed E-state index contributed by atoms with van der Waals surface area (Å²) in [5.74, 6) is -0.701. The fraction of sp³-hybridized carbons (Fsp3) is 0.500. The second-order valence-electron chi connectivity index (χ2n) is 7.62. The molecule has 0 aromatic heterocycles. The molecule has 0 radical (unpaired) electrons. The van der Waals surface area contributed by atoms with Gasteiger partial charge in [0.15, 0.2) is 5.79 Å². The summed E-state index contributed by atoms with van der Waals surface area (Å²) >= 11 is 0. The molecule has 27 heavy (non-hydrogen) atoms. The molecule has 0 unspecified atom stereocenters. The van der Waals surface area contributed by atoms with E-state index in [2.05, 4.69) is 24.3 Å². The summed E-state index contributed by atoms with van der Waals surface area (Å²) in [6.07, 6.45) is 1.03. The molecule has 0 aliphatic carbocycles. The van der Waals surface area contributed by atoms with Crippen LogP contribution in [-0.4, -0.2) is 46.9 Å². The largest absolute Gasteiger partial charge is 0.376 e. The highest BCUT2D eigenvalue weighted by atomic mass is 32.2. The number of benzene rings is 2. The number of hydrogen-bond donors (Lipinski definition) is 0. The van der Waals surface area contributed by atoms with Crippen molar-refractivity contribution in [2.24, 2.45) is 5.41 Å². The predicted molar refractivity (Wildman–Crippen MR) is 103 cm³/mol. The molecule has 1 fully saturated rings. The normalized spacial score (nSPS) is 19.2. The third-order valence-corrected chi connectivity index (χ3v) is 5.07. The minimum atomic E-state index is -3.56. The van der Waals surface area contributed by atoms with Gasteiger partial charge < -0.3 is 14.2 Å². The first kappa shape index (κ1) is 20.2. The molecule has 3 rings (SSSR count). The zero-order valence-electron chi connectivity index (χ0n) is 15.9. The first-order chi connectivity index (χ1) is 12.7. The monoisotopic (exact) mass is 394 g/mol. The van der Waals surface area contributed by atoms with E-state index in [-0.39, 0.29) is 13.2 Å². The first-order valence-corrected chi connectivity index (χ1v) is 10.7. The van der Waals surface area contributed by atoms with Crippen LogP contribution < -0.4 is 0 Å². The van der Waals surface area contributed by atoms with Crippen molar-refractivity contribution in [2.45, 2.75) is 26.2 Å². The van der Waals surface area contributed by atoms with E-state index < -0.39 is 21.3 Å². The van der Waals surface area contributed by atoms with Gasteiger partial charge in [0.1, 0.15) is 0 Å². The van der Waals surface area contributed by atoms with Crippen LogP contribution in [0.5, 0.6) is 0 Å². The molecule has 148 valence electrons. The lowest BCUT2D eigenvalue weighted by Crippen LogP contribution is -2.51. The molecule has 7 heteroatoms. The lowest BCUT2D eigenvalue weighted by molar-refractivity contribution is -0.295. The molecule has 0 spiro atoms. The number of ether oxygens (including phenoxy) is 3. The smallest absolute Gasteiger partial charge is 0.264 e. The van der Waals surface area contributed by atoms with Gasteiger partial charge in [-0.25, -0.2) is 0 Å². The van der Waals surface area contributed by atoms with Gasteiger partial charge in [0.2, 0.25) is 0 Å². The molecule has 1 heterocycles. The zero-order valence-corrected chi connectivity index (χ0v) is 16.8. The van der Waals surface area contributed by atoms with E-state index in [0.717, 1.165) is 17.2 Å². The minimum absolute atomic E-state index is 0.0420. The molecule has 0 bridgehead atoms. The van der Waals surface area contributed by atoms with Crippen LogP contribution in [0.2, 0.25) is 0 Å². The van der Waals surface area contributed by atoms with Gasteiger partial charge in [-0.05, 0) is 36.2 Å². The van der Waals surface area contributed by atoms with Gasteiger partial charge >= 0.3 is 0 Å². The highest BCUT2D eigenvalue weighted by Gasteiger charge is 2.41. The van der Waals surface area contributed by atoms with Crippen LogP contribution in [0.1, 0.15) is 19.4 Å². The topological polar surface area (TPSA) is 71.1 Å². The summed E-state index contributed by atoms with van der Waals surface area (Å²) in [6.45, 7) is 4.88. The van der Waals surface area contributed by atoms with Gasteiger partial charge in [0.05, 0.1) is 44.7 Å². The molecular weight excluding hydrogens is 368 g/mol. The van der Waals surface area contributed by atoms with Crippen LogP contribution in [0.25, 0.3) is 10.8 Å². The van der Waals surface area contributed by atoms with E-state index in [4.69, 9.17) is 18.4 Å². The number of rotatable bonds is 7. The van der Waals surface area contributed by atoms with Crippen LogP contribution in [0.3, 0.4) is 0 Å². The van der Waals surface area contributed by atoms with Crippen LogP contribution in [0, 0.1) is 5.41 Å². The molecule has 0 atom stereocenters. The van der Waals surface area contributed by atoms with Gasteiger partial charge in [-0.15, -0.1) is 0 Å². The van der Waals surface area contributed by atoms with Gasteiger partial charge in [0, 0.05) is 0 Å². The Labute approximate surface area is 160 Å². The molecule has 6 nitrogen and oxygen atoms in total. The van der Waals surface area contributed by atoms with E-state index in [1.165, 1.54) is 5.39 Å². The highest BCUT2D eigenvalue weighted by molar-refractivity contribution is 7.85. The van der Waals surface area contributed by atoms with Crippen LogP contribution in [-0.2, 0) is 35.1 Å². The van der Waals surface area contributed by atoms with Gasteiger partial charge in [0.25, 0.3) is 10.1 Å². The van der Waals surface area contributed by atoms with Crippen molar-refractivity contribution in [3.05, 3.63) is 48.0 Å². The van der Waals surface area contributed by atoms with Crippen molar-refractivity contribution in [3.63, 3.8) is 0 Å². The number of fused-ring (bicyclic) bond motifs is 1. The predicted octanol–water partition coefficient (Wildman–Crippen LogP) is 3.10. The average Bonchev–Trinajstić information content (AvgIpc) is 2.62. The highest BCUT2D eigenvalue weighted by Crippen LogP contribution is 2.31. The fourth-order valence-electron chi connectivity index (χ4n) is 2.89. The van der Waals surface area contributed by atoms with E-state index in [0.29, 0.717) is 19.8 Å². The molecule has 1 aliphatic rings. The van der Waals surface area contributed by atoms with Crippen molar-refractivity contribution in [2.75, 3.05) is 32.7 Å². The van der Waals surface area contributed by atoms with Crippen molar-refractivity contribution in [3.8, 4) is 0 Å². The Hall–Kier alpha value is -1.51. The third kappa shape index (κ3) is 5.73. The molecular formula is C20H26O6S. The van der Waals surface area contributed by atoms with E-state index in [9.17, 15) is 8.42 Å². The summed E-state index contributed by atoms with van der Waals surface area (Å²) in [5, 5.41) is 2.33. The van der Waals surface area contributed by atoms with Crippen LogP contribution in [0.4, 0.5) is 0 Å². The number of hydrogen-bond acceptors (Lipinski definition) is 6. The summed E-state index contributed by atoms with van der Waals surface area (Å²) in [6, 6.07) is 14.3. The second-order valence-corrected chi connectivity index (χ2v) is 9.26. The Morgan fingerprint density at radius 1 is 1.00 bits per heavy atom. The third-order valence-electron chi connectivity index (χ3n) is 4.52. The van der Waals surface area contributed by atoms with Crippen molar-refractivity contribution < 1.29 is 26.8 Å². The zero-order chi connectivity index (χ0) is 19.5. The van der Waals surface area contributed by atoms with Crippen molar-refractivity contribution >= 4 is 20.9 Å². The summed E-state index contributed by atoms with van der Waals surface area (Å²) in [5.41, 5.74) is 0.376. The van der Waals surface area contributed by atoms with Gasteiger partial charge in [-0.1, -0.05) is 36.4 Å². The maximum atomic E-state index is 11.4. The van der Waals surface area contributed by atoms with E-state index in [1.807, 2.05) is 32.0 Å². The summed E-state index contributed by atoms with van der Waals surface area (Å²) < 4.78 is 45.2. The minimum Gasteiger partial charge on any atom is -0.376 e. The molecule has 1 saturated heterocycles. The standard InChI is InChI=1S/C20H26O6S/c1-19(2)24-13-20(14-25-19,15-26-27(3,21)22)12-23-11-16-8-9-17-6-4-5-7-18(17)10-16/h4-10H,11-15H2,1-3H3. The van der Waals surface area contributed by atoms with Crippen LogP contribution in [0.15, 0.2) is 42.5 Å². The average molecular weight is 394 g/mol.